The fourth-order valence-corrected chi connectivity index (χ4v) is 1.87. The van der Waals surface area contributed by atoms with E-state index >= 15 is 0 Å². The number of hydrogen-bond acceptors (Lipinski definition) is 4. The number of aliphatic carboxylic acids is 1. The average Bonchev–Trinajstić information content (AvgIpc) is 2.36. The van der Waals surface area contributed by atoms with Gasteiger partial charge in [0.15, 0.2) is 0 Å². The quantitative estimate of drug-likeness (QED) is 0.623. The number of carbonyl (C=O) groups is 2. The minimum Gasteiger partial charge on any atom is -0.480 e. The molecule has 0 radical (unpaired) electrons. The van der Waals surface area contributed by atoms with E-state index in [2.05, 4.69) is 10.6 Å². The standard InChI is InChI=1S/C12H22N2O4/c1-3-8(2)11(12(16)17)14-10(15)6-9-7-13-4-5-18-9/h8-9,11,13H,3-7H2,1-2H3,(H,14,15)(H,16,17)/t8-,9?,11-/m0/s1. The molecule has 1 saturated heterocycles. The molecule has 0 bridgehead atoms. The average molecular weight is 258 g/mol. The molecule has 1 fully saturated rings. The number of ether oxygens (including phenoxy) is 1. The van der Waals surface area contributed by atoms with Crippen molar-refractivity contribution < 1.29 is 19.4 Å². The molecule has 3 atom stereocenters. The highest BCUT2D eigenvalue weighted by Gasteiger charge is 2.26. The lowest BCUT2D eigenvalue weighted by molar-refractivity contribution is -0.143. The Bertz CT molecular complexity index is 290. The maximum absolute atomic E-state index is 11.8. The summed E-state index contributed by atoms with van der Waals surface area (Å²) in [5.41, 5.74) is 0. The van der Waals surface area contributed by atoms with Gasteiger partial charge in [-0.05, 0) is 5.92 Å². The van der Waals surface area contributed by atoms with E-state index in [1.54, 1.807) is 0 Å². The van der Waals surface area contributed by atoms with Crippen LogP contribution in [-0.4, -0.2) is 48.8 Å². The van der Waals surface area contributed by atoms with Crippen LogP contribution in [0.25, 0.3) is 0 Å². The van der Waals surface area contributed by atoms with Gasteiger partial charge in [-0.15, -0.1) is 0 Å². The largest absolute Gasteiger partial charge is 0.480 e. The lowest BCUT2D eigenvalue weighted by Crippen LogP contribution is -2.47. The molecule has 0 aromatic carbocycles. The van der Waals surface area contributed by atoms with E-state index in [4.69, 9.17) is 9.84 Å². The Morgan fingerprint density at radius 3 is 2.78 bits per heavy atom. The fraction of sp³-hybridized carbons (Fsp3) is 0.833. The highest BCUT2D eigenvalue weighted by molar-refractivity contribution is 5.84. The van der Waals surface area contributed by atoms with Gasteiger partial charge < -0.3 is 20.5 Å². The van der Waals surface area contributed by atoms with E-state index in [0.29, 0.717) is 19.6 Å². The van der Waals surface area contributed by atoms with Crippen LogP contribution in [0.1, 0.15) is 26.7 Å². The summed E-state index contributed by atoms with van der Waals surface area (Å²) >= 11 is 0. The van der Waals surface area contributed by atoms with Gasteiger partial charge in [0.25, 0.3) is 0 Å². The zero-order valence-corrected chi connectivity index (χ0v) is 10.9. The normalized spacial score (nSPS) is 23.1. The van der Waals surface area contributed by atoms with E-state index < -0.39 is 12.0 Å². The molecule has 0 saturated carbocycles. The summed E-state index contributed by atoms with van der Waals surface area (Å²) in [6.45, 7) is 5.74. The zero-order chi connectivity index (χ0) is 13.5. The second-order valence-electron chi connectivity index (χ2n) is 4.67. The molecule has 1 aliphatic rings. The van der Waals surface area contributed by atoms with E-state index in [-0.39, 0.29) is 24.3 Å². The van der Waals surface area contributed by atoms with E-state index in [0.717, 1.165) is 6.54 Å². The van der Waals surface area contributed by atoms with Gasteiger partial charge in [0.2, 0.25) is 5.91 Å². The molecule has 1 rings (SSSR count). The first-order chi connectivity index (χ1) is 8.54. The van der Waals surface area contributed by atoms with Gasteiger partial charge in [-0.25, -0.2) is 4.79 Å². The number of rotatable bonds is 6. The molecular weight excluding hydrogens is 236 g/mol. The first-order valence-electron chi connectivity index (χ1n) is 6.39. The Balaban J connectivity index is 2.42. The number of carboxylic acids is 1. The summed E-state index contributed by atoms with van der Waals surface area (Å²) in [6.07, 6.45) is 0.747. The molecule has 6 nitrogen and oxygen atoms in total. The second kappa shape index (κ2) is 7.33. The van der Waals surface area contributed by atoms with E-state index in [1.807, 2.05) is 13.8 Å². The summed E-state index contributed by atoms with van der Waals surface area (Å²) in [5.74, 6) is -1.34. The molecule has 18 heavy (non-hydrogen) atoms. The highest BCUT2D eigenvalue weighted by atomic mass is 16.5. The van der Waals surface area contributed by atoms with Crippen molar-refractivity contribution in [1.82, 2.24) is 10.6 Å². The number of carbonyl (C=O) groups excluding carboxylic acids is 1. The van der Waals surface area contributed by atoms with Gasteiger partial charge >= 0.3 is 5.97 Å². The molecule has 1 heterocycles. The Labute approximate surface area is 107 Å². The number of morpholine rings is 1. The predicted molar refractivity (Wildman–Crippen MR) is 66.2 cm³/mol. The molecule has 0 aromatic rings. The molecule has 0 aliphatic carbocycles. The maximum Gasteiger partial charge on any atom is 0.326 e. The molecule has 1 unspecified atom stereocenters. The third-order valence-corrected chi connectivity index (χ3v) is 3.21. The second-order valence-corrected chi connectivity index (χ2v) is 4.67. The smallest absolute Gasteiger partial charge is 0.326 e. The SMILES string of the molecule is CC[C@H](C)[C@H](NC(=O)CC1CNCCO1)C(=O)O. The highest BCUT2D eigenvalue weighted by Crippen LogP contribution is 2.09. The minimum absolute atomic E-state index is 0.0863. The monoisotopic (exact) mass is 258 g/mol. The molecule has 104 valence electrons. The molecule has 0 spiro atoms. The lowest BCUT2D eigenvalue weighted by atomic mass is 9.99. The van der Waals surface area contributed by atoms with Crippen molar-refractivity contribution >= 4 is 11.9 Å². The summed E-state index contributed by atoms with van der Waals surface area (Å²) in [6, 6.07) is -0.820. The fourth-order valence-electron chi connectivity index (χ4n) is 1.87. The van der Waals surface area contributed by atoms with Crippen molar-refractivity contribution in [3.8, 4) is 0 Å². The van der Waals surface area contributed by atoms with Crippen LogP contribution in [0.4, 0.5) is 0 Å². The Morgan fingerprint density at radius 1 is 1.56 bits per heavy atom. The van der Waals surface area contributed by atoms with Crippen LogP contribution >= 0.6 is 0 Å². The third kappa shape index (κ3) is 4.62. The molecule has 3 N–H and O–H groups in total. The molecule has 1 amide bonds. The van der Waals surface area contributed by atoms with E-state index in [9.17, 15) is 9.59 Å². The van der Waals surface area contributed by atoms with Crippen LogP contribution in [0, 0.1) is 5.92 Å². The van der Waals surface area contributed by atoms with Gasteiger partial charge in [0, 0.05) is 13.1 Å². The van der Waals surface area contributed by atoms with Gasteiger partial charge in [-0.3, -0.25) is 4.79 Å². The lowest BCUT2D eigenvalue weighted by Gasteiger charge is -2.25. The zero-order valence-electron chi connectivity index (χ0n) is 10.9. The van der Waals surface area contributed by atoms with Crippen LogP contribution < -0.4 is 10.6 Å². The summed E-state index contributed by atoms with van der Waals surface area (Å²) in [4.78, 5) is 22.8. The molecule has 6 heteroatoms. The minimum atomic E-state index is -0.986. The van der Waals surface area contributed by atoms with E-state index in [1.165, 1.54) is 0 Å². The molecule has 0 aromatic heterocycles. The predicted octanol–water partition coefficient (Wildman–Crippen LogP) is -0.0196. The molecular formula is C12H22N2O4. The summed E-state index contributed by atoms with van der Waals surface area (Å²) < 4.78 is 5.41. The molecule has 1 aliphatic heterocycles. The van der Waals surface area contributed by atoms with Gasteiger partial charge in [0.05, 0.1) is 19.1 Å². The van der Waals surface area contributed by atoms with Crippen molar-refractivity contribution in [3.05, 3.63) is 0 Å². The van der Waals surface area contributed by atoms with Crippen LogP contribution in [-0.2, 0) is 14.3 Å². The van der Waals surface area contributed by atoms with Crippen LogP contribution in [0.2, 0.25) is 0 Å². The van der Waals surface area contributed by atoms with Gasteiger partial charge in [0.1, 0.15) is 6.04 Å². The number of amides is 1. The van der Waals surface area contributed by atoms with Gasteiger partial charge in [-0.2, -0.15) is 0 Å². The van der Waals surface area contributed by atoms with Crippen molar-refractivity contribution in [2.45, 2.75) is 38.8 Å². The number of nitrogens with one attached hydrogen (secondary N) is 2. The summed E-state index contributed by atoms with van der Waals surface area (Å²) in [5, 5.41) is 14.8. The third-order valence-electron chi connectivity index (χ3n) is 3.21. The maximum atomic E-state index is 11.8. The Morgan fingerprint density at radius 2 is 2.28 bits per heavy atom. The topological polar surface area (TPSA) is 87.7 Å². The number of hydrogen-bond donors (Lipinski definition) is 3. The Kier molecular flexibility index (Phi) is 6.07. The van der Waals surface area contributed by atoms with Crippen molar-refractivity contribution in [2.75, 3.05) is 19.7 Å². The summed E-state index contributed by atoms with van der Waals surface area (Å²) in [7, 11) is 0. The van der Waals surface area contributed by atoms with Crippen molar-refractivity contribution in [2.24, 2.45) is 5.92 Å². The van der Waals surface area contributed by atoms with Gasteiger partial charge in [-0.1, -0.05) is 20.3 Å². The van der Waals surface area contributed by atoms with Crippen molar-refractivity contribution in [1.29, 1.82) is 0 Å². The van der Waals surface area contributed by atoms with Crippen LogP contribution in [0.15, 0.2) is 0 Å². The number of carboxylic acid groups (broad SMARTS) is 1. The first-order valence-corrected chi connectivity index (χ1v) is 6.39. The Hall–Kier alpha value is -1.14. The first kappa shape index (κ1) is 14.9. The van der Waals surface area contributed by atoms with Crippen LogP contribution in [0.5, 0.6) is 0 Å². The van der Waals surface area contributed by atoms with Crippen molar-refractivity contribution in [3.63, 3.8) is 0 Å². The van der Waals surface area contributed by atoms with Crippen LogP contribution in [0.3, 0.4) is 0 Å².